The molecule has 10 heteroatoms. The van der Waals surface area contributed by atoms with Crippen LogP contribution >= 0.6 is 0 Å². The Morgan fingerprint density at radius 3 is 2.74 bits per heavy atom. The lowest BCUT2D eigenvalue weighted by Crippen LogP contribution is -2.52. The van der Waals surface area contributed by atoms with Gasteiger partial charge in [0, 0.05) is 33.1 Å². The fraction of sp³-hybridized carbons (Fsp3) is 0.524. The van der Waals surface area contributed by atoms with Gasteiger partial charge in [0.05, 0.1) is 6.61 Å². The van der Waals surface area contributed by atoms with Crippen molar-refractivity contribution in [2.24, 2.45) is 14.1 Å². The number of carbonyl (C=O) groups excluding carboxylic acids is 1. The SMILES string of the molecule is Cn1c(=O)c2[nH]c(C3CCCN(C(=O)C4COC5C=CC=CC5O4)C3)nc2n(C)c1=O. The second-order valence-electron chi connectivity index (χ2n) is 8.31. The summed E-state index contributed by atoms with van der Waals surface area (Å²) in [6.45, 7) is 1.33. The van der Waals surface area contributed by atoms with Crippen LogP contribution < -0.4 is 11.2 Å². The van der Waals surface area contributed by atoms with Gasteiger partial charge >= 0.3 is 5.69 Å². The second kappa shape index (κ2) is 7.61. The number of hydrogen-bond donors (Lipinski definition) is 1. The minimum atomic E-state index is -0.639. The van der Waals surface area contributed by atoms with Crippen LogP contribution in [-0.2, 0) is 28.4 Å². The number of nitrogens with one attached hydrogen (secondary N) is 1. The van der Waals surface area contributed by atoms with E-state index in [1.165, 1.54) is 11.6 Å². The zero-order valence-electron chi connectivity index (χ0n) is 17.5. The van der Waals surface area contributed by atoms with Crippen molar-refractivity contribution in [3.8, 4) is 0 Å². The molecule has 1 aliphatic carbocycles. The Labute approximate surface area is 177 Å². The Kier molecular flexibility index (Phi) is 4.90. The van der Waals surface area contributed by atoms with Crippen LogP contribution in [-0.4, -0.2) is 67.9 Å². The van der Waals surface area contributed by atoms with Crippen molar-refractivity contribution in [3.63, 3.8) is 0 Å². The first-order chi connectivity index (χ1) is 14.9. The summed E-state index contributed by atoms with van der Waals surface area (Å²) in [4.78, 5) is 47.2. The predicted molar refractivity (Wildman–Crippen MR) is 112 cm³/mol. The maximum Gasteiger partial charge on any atom is 0.332 e. The highest BCUT2D eigenvalue weighted by Gasteiger charge is 2.37. The van der Waals surface area contributed by atoms with Crippen LogP contribution in [0.15, 0.2) is 33.9 Å². The van der Waals surface area contributed by atoms with E-state index in [0.717, 1.165) is 17.4 Å². The molecule has 2 aromatic heterocycles. The standard InChI is InChI=1S/C21H25N5O5/c1-24-18-16(20(28)25(2)21(24)29)22-17(23-18)12-6-5-9-26(10-12)19(27)15-11-30-13-7-3-4-8-14(13)31-15/h3-4,7-8,12-15H,5-6,9-11H2,1-2H3,(H,22,23). The molecular formula is C21H25N5O5. The number of aromatic nitrogens is 4. The van der Waals surface area contributed by atoms with E-state index in [-0.39, 0.29) is 30.6 Å². The summed E-state index contributed by atoms with van der Waals surface area (Å²) in [6.07, 6.45) is 8.26. The molecule has 0 saturated carbocycles. The molecule has 1 amide bonds. The summed E-state index contributed by atoms with van der Waals surface area (Å²) in [5.41, 5.74) is -0.193. The third-order valence-electron chi connectivity index (χ3n) is 6.31. The van der Waals surface area contributed by atoms with Gasteiger partial charge in [0.1, 0.15) is 23.5 Å². The van der Waals surface area contributed by atoms with Crippen molar-refractivity contribution < 1.29 is 14.3 Å². The number of aromatic amines is 1. The number of likely N-dealkylation sites (tertiary alicyclic amines) is 1. The Balaban J connectivity index is 1.35. The first kappa shape index (κ1) is 20.0. The van der Waals surface area contributed by atoms with Crippen molar-refractivity contribution in [2.75, 3.05) is 19.7 Å². The Morgan fingerprint density at radius 2 is 1.94 bits per heavy atom. The van der Waals surface area contributed by atoms with Gasteiger partial charge in [-0.3, -0.25) is 18.7 Å². The van der Waals surface area contributed by atoms with Crippen LogP contribution in [0.3, 0.4) is 0 Å². The van der Waals surface area contributed by atoms with E-state index in [9.17, 15) is 14.4 Å². The van der Waals surface area contributed by atoms with E-state index in [0.29, 0.717) is 30.1 Å². The Morgan fingerprint density at radius 1 is 1.16 bits per heavy atom. The summed E-state index contributed by atoms with van der Waals surface area (Å²) < 4.78 is 14.2. The molecule has 2 aliphatic heterocycles. The van der Waals surface area contributed by atoms with E-state index in [4.69, 9.17) is 9.47 Å². The number of hydrogen-bond acceptors (Lipinski definition) is 6. The van der Waals surface area contributed by atoms with Crippen LogP contribution in [0.4, 0.5) is 0 Å². The van der Waals surface area contributed by atoms with Crippen LogP contribution in [0.2, 0.25) is 0 Å². The first-order valence-electron chi connectivity index (χ1n) is 10.5. The number of ether oxygens (including phenoxy) is 2. The van der Waals surface area contributed by atoms with Gasteiger partial charge in [-0.25, -0.2) is 9.78 Å². The topological polar surface area (TPSA) is 111 Å². The summed E-state index contributed by atoms with van der Waals surface area (Å²) >= 11 is 0. The van der Waals surface area contributed by atoms with Gasteiger partial charge in [-0.15, -0.1) is 0 Å². The normalized spacial score (nSPS) is 28.1. The number of fused-ring (bicyclic) bond motifs is 2. The molecule has 1 N–H and O–H groups in total. The average Bonchev–Trinajstić information content (AvgIpc) is 3.26. The molecular weight excluding hydrogens is 402 g/mol. The smallest absolute Gasteiger partial charge is 0.332 e. The molecule has 0 aromatic carbocycles. The quantitative estimate of drug-likeness (QED) is 0.719. The van der Waals surface area contributed by atoms with E-state index in [1.54, 1.807) is 11.9 Å². The molecule has 3 aliphatic rings. The fourth-order valence-electron chi connectivity index (χ4n) is 4.54. The molecule has 10 nitrogen and oxygen atoms in total. The number of H-pyrrole nitrogens is 1. The third-order valence-corrected chi connectivity index (χ3v) is 6.31. The Bertz CT molecular complexity index is 1210. The van der Waals surface area contributed by atoms with Gasteiger partial charge in [0.25, 0.3) is 11.5 Å². The minimum absolute atomic E-state index is 0.0559. The summed E-state index contributed by atoms with van der Waals surface area (Å²) in [7, 11) is 3.04. The maximum atomic E-state index is 13.1. The van der Waals surface area contributed by atoms with E-state index < -0.39 is 17.4 Å². The number of allylic oxidation sites excluding steroid dienone is 2. The highest BCUT2D eigenvalue weighted by Crippen LogP contribution is 2.28. The summed E-state index contributed by atoms with van der Waals surface area (Å²) in [5, 5.41) is 0. The molecule has 2 fully saturated rings. The molecule has 2 saturated heterocycles. The monoisotopic (exact) mass is 427 g/mol. The lowest BCUT2D eigenvalue weighted by atomic mass is 9.97. The van der Waals surface area contributed by atoms with Crippen LogP contribution in [0.25, 0.3) is 11.2 Å². The zero-order chi connectivity index (χ0) is 21.7. The molecule has 0 spiro atoms. The number of nitrogens with zero attached hydrogens (tertiary/aromatic N) is 4. The van der Waals surface area contributed by atoms with Crippen molar-refractivity contribution in [2.45, 2.75) is 37.1 Å². The highest BCUT2D eigenvalue weighted by atomic mass is 16.6. The molecule has 2 aromatic rings. The molecule has 4 atom stereocenters. The van der Waals surface area contributed by atoms with Gasteiger partial charge in [0.2, 0.25) is 0 Å². The number of imidazole rings is 1. The van der Waals surface area contributed by atoms with Gasteiger partial charge in [-0.2, -0.15) is 0 Å². The lowest BCUT2D eigenvalue weighted by molar-refractivity contribution is -0.177. The predicted octanol–water partition coefficient (Wildman–Crippen LogP) is -0.0551. The largest absolute Gasteiger partial charge is 0.368 e. The van der Waals surface area contributed by atoms with E-state index in [1.807, 2.05) is 24.3 Å². The molecule has 4 heterocycles. The van der Waals surface area contributed by atoms with Crippen molar-refractivity contribution >= 4 is 17.1 Å². The molecule has 31 heavy (non-hydrogen) atoms. The number of amides is 1. The molecule has 0 bridgehead atoms. The third kappa shape index (κ3) is 3.35. The maximum absolute atomic E-state index is 13.1. The number of piperidine rings is 1. The number of rotatable bonds is 2. The Hall–Kier alpha value is -2.98. The first-order valence-corrected chi connectivity index (χ1v) is 10.5. The van der Waals surface area contributed by atoms with E-state index in [2.05, 4.69) is 9.97 Å². The van der Waals surface area contributed by atoms with Gasteiger partial charge < -0.3 is 19.4 Å². The average molecular weight is 427 g/mol. The highest BCUT2D eigenvalue weighted by molar-refractivity contribution is 5.81. The van der Waals surface area contributed by atoms with Crippen molar-refractivity contribution in [3.05, 3.63) is 51.0 Å². The van der Waals surface area contributed by atoms with Crippen LogP contribution in [0.5, 0.6) is 0 Å². The minimum Gasteiger partial charge on any atom is -0.368 e. The fourth-order valence-corrected chi connectivity index (χ4v) is 4.54. The lowest BCUT2D eigenvalue weighted by Gasteiger charge is -2.38. The number of carbonyl (C=O) groups is 1. The molecule has 5 rings (SSSR count). The van der Waals surface area contributed by atoms with Crippen molar-refractivity contribution in [1.29, 1.82) is 0 Å². The van der Waals surface area contributed by atoms with Gasteiger partial charge in [0.15, 0.2) is 11.8 Å². The molecule has 164 valence electrons. The number of aryl methyl sites for hydroxylation is 1. The van der Waals surface area contributed by atoms with Gasteiger partial charge in [-0.05, 0) is 12.8 Å². The molecule has 0 radical (unpaired) electrons. The van der Waals surface area contributed by atoms with Crippen LogP contribution in [0.1, 0.15) is 24.6 Å². The summed E-state index contributed by atoms with van der Waals surface area (Å²) in [5.74, 6) is 0.470. The van der Waals surface area contributed by atoms with Crippen LogP contribution in [0, 0.1) is 0 Å². The summed E-state index contributed by atoms with van der Waals surface area (Å²) in [6, 6.07) is 0. The van der Waals surface area contributed by atoms with E-state index >= 15 is 0 Å². The molecule has 4 unspecified atom stereocenters. The van der Waals surface area contributed by atoms with Crippen molar-refractivity contribution in [1.82, 2.24) is 24.0 Å². The second-order valence-corrected chi connectivity index (χ2v) is 8.31. The zero-order valence-corrected chi connectivity index (χ0v) is 17.5. The van der Waals surface area contributed by atoms with Gasteiger partial charge in [-0.1, -0.05) is 24.3 Å².